The van der Waals surface area contributed by atoms with Gasteiger partial charge in [-0.2, -0.15) is 0 Å². The minimum Gasteiger partial charge on any atom is -0.465 e. The SMILES string of the molecule is CCOC(=O)[C@H](CCc1ccccc1)NOC(=O)CN1C(=O)CCSc2ccccc21. The van der Waals surface area contributed by atoms with Crippen LogP contribution in [0.3, 0.4) is 0 Å². The summed E-state index contributed by atoms with van der Waals surface area (Å²) >= 11 is 1.58. The summed E-state index contributed by atoms with van der Waals surface area (Å²) in [6, 6.07) is 16.4. The number of amides is 1. The van der Waals surface area contributed by atoms with Crippen molar-refractivity contribution < 1.29 is 24.0 Å². The van der Waals surface area contributed by atoms with Crippen molar-refractivity contribution in [2.75, 3.05) is 23.8 Å². The zero-order valence-corrected chi connectivity index (χ0v) is 18.2. The predicted molar refractivity (Wildman–Crippen MR) is 119 cm³/mol. The average molecular weight is 443 g/mol. The van der Waals surface area contributed by atoms with E-state index < -0.39 is 18.0 Å². The van der Waals surface area contributed by atoms with Gasteiger partial charge in [0.15, 0.2) is 0 Å². The molecule has 0 saturated heterocycles. The molecule has 0 unspecified atom stereocenters. The average Bonchev–Trinajstić information content (AvgIpc) is 2.93. The minimum absolute atomic E-state index is 0.138. The molecule has 2 aromatic carbocycles. The zero-order valence-electron chi connectivity index (χ0n) is 17.4. The lowest BCUT2D eigenvalue weighted by Crippen LogP contribution is -2.43. The molecule has 1 heterocycles. The maximum atomic E-state index is 12.5. The Hall–Kier alpha value is -2.84. The summed E-state index contributed by atoms with van der Waals surface area (Å²) in [5.41, 5.74) is 4.31. The Morgan fingerprint density at radius 2 is 1.87 bits per heavy atom. The number of hydroxylamine groups is 1. The highest BCUT2D eigenvalue weighted by Gasteiger charge is 2.27. The summed E-state index contributed by atoms with van der Waals surface area (Å²) in [5.74, 6) is -0.618. The van der Waals surface area contributed by atoms with E-state index >= 15 is 0 Å². The fraction of sp³-hybridized carbons (Fsp3) is 0.348. The Kier molecular flexibility index (Phi) is 8.49. The number of hydrogen-bond donors (Lipinski definition) is 1. The van der Waals surface area contributed by atoms with Crippen LogP contribution in [-0.4, -0.2) is 42.8 Å². The van der Waals surface area contributed by atoms with Crippen LogP contribution in [0.5, 0.6) is 0 Å². The second-order valence-corrected chi connectivity index (χ2v) is 8.10. The first-order valence-electron chi connectivity index (χ1n) is 10.3. The van der Waals surface area contributed by atoms with Crippen LogP contribution in [0.15, 0.2) is 59.5 Å². The quantitative estimate of drug-likeness (QED) is 0.472. The van der Waals surface area contributed by atoms with Crippen molar-refractivity contribution in [1.82, 2.24) is 5.48 Å². The van der Waals surface area contributed by atoms with Crippen molar-refractivity contribution in [3.63, 3.8) is 0 Å². The van der Waals surface area contributed by atoms with E-state index in [4.69, 9.17) is 9.57 Å². The van der Waals surface area contributed by atoms with Gasteiger partial charge in [-0.05, 0) is 37.5 Å². The number of para-hydroxylation sites is 1. The summed E-state index contributed by atoms with van der Waals surface area (Å²) < 4.78 is 5.09. The molecule has 0 saturated carbocycles. The third-order valence-corrected chi connectivity index (χ3v) is 5.83. The van der Waals surface area contributed by atoms with Gasteiger partial charge in [0.25, 0.3) is 0 Å². The zero-order chi connectivity index (χ0) is 22.1. The number of nitrogens with one attached hydrogen (secondary N) is 1. The molecular weight excluding hydrogens is 416 g/mol. The maximum Gasteiger partial charge on any atom is 0.344 e. The molecule has 1 atom stereocenters. The Labute approximate surface area is 186 Å². The third kappa shape index (κ3) is 6.57. The first-order valence-corrected chi connectivity index (χ1v) is 11.2. The van der Waals surface area contributed by atoms with E-state index in [9.17, 15) is 14.4 Å². The Balaban J connectivity index is 1.60. The standard InChI is InChI=1S/C23H26N2O5S/c1-2-29-23(28)18(13-12-17-8-4-3-5-9-17)24-30-22(27)16-25-19-10-6-7-11-20(19)31-15-14-21(25)26/h3-11,18,24H,2,12-16H2,1H3/t18-/m0/s1. The first kappa shape index (κ1) is 22.8. The van der Waals surface area contributed by atoms with Crippen LogP contribution in [-0.2, 0) is 30.4 Å². The molecule has 3 rings (SSSR count). The van der Waals surface area contributed by atoms with E-state index in [0.717, 1.165) is 10.5 Å². The number of carbonyl (C=O) groups excluding carboxylic acids is 3. The van der Waals surface area contributed by atoms with Crippen LogP contribution in [0, 0.1) is 0 Å². The Morgan fingerprint density at radius 1 is 1.13 bits per heavy atom. The summed E-state index contributed by atoms with van der Waals surface area (Å²) in [6.07, 6.45) is 1.35. The summed E-state index contributed by atoms with van der Waals surface area (Å²) in [4.78, 5) is 44.9. The van der Waals surface area contributed by atoms with Crippen LogP contribution in [0.4, 0.5) is 5.69 Å². The van der Waals surface area contributed by atoms with E-state index in [1.54, 1.807) is 18.7 Å². The van der Waals surface area contributed by atoms with Gasteiger partial charge >= 0.3 is 11.9 Å². The highest BCUT2D eigenvalue weighted by atomic mass is 32.2. The van der Waals surface area contributed by atoms with E-state index in [1.165, 1.54) is 4.90 Å². The molecule has 7 nitrogen and oxygen atoms in total. The number of benzene rings is 2. The van der Waals surface area contributed by atoms with Crippen LogP contribution in [0.25, 0.3) is 0 Å². The lowest BCUT2D eigenvalue weighted by Gasteiger charge is -2.22. The number of esters is 1. The van der Waals surface area contributed by atoms with E-state index in [0.29, 0.717) is 30.7 Å². The number of ether oxygens (including phenoxy) is 1. The first-order chi connectivity index (χ1) is 15.1. The highest BCUT2D eigenvalue weighted by molar-refractivity contribution is 7.99. The largest absolute Gasteiger partial charge is 0.465 e. The van der Waals surface area contributed by atoms with Crippen LogP contribution < -0.4 is 10.4 Å². The summed E-state index contributed by atoms with van der Waals surface area (Å²) in [7, 11) is 0. The second kappa shape index (κ2) is 11.5. The van der Waals surface area contributed by atoms with Crippen molar-refractivity contribution in [3.05, 3.63) is 60.2 Å². The number of fused-ring (bicyclic) bond motifs is 1. The van der Waals surface area contributed by atoms with E-state index in [1.807, 2.05) is 54.6 Å². The molecule has 1 aliphatic rings. The Morgan fingerprint density at radius 3 is 2.65 bits per heavy atom. The molecule has 0 fully saturated rings. The van der Waals surface area contributed by atoms with Gasteiger partial charge in [-0.15, -0.1) is 17.2 Å². The third-order valence-electron chi connectivity index (χ3n) is 4.77. The number of anilines is 1. The molecule has 1 amide bonds. The van der Waals surface area contributed by atoms with E-state index in [2.05, 4.69) is 5.48 Å². The van der Waals surface area contributed by atoms with Gasteiger partial charge in [0.05, 0.1) is 12.3 Å². The van der Waals surface area contributed by atoms with Crippen molar-refractivity contribution in [2.24, 2.45) is 0 Å². The smallest absolute Gasteiger partial charge is 0.344 e. The van der Waals surface area contributed by atoms with Crippen LogP contribution >= 0.6 is 11.8 Å². The fourth-order valence-corrected chi connectivity index (χ4v) is 4.21. The molecule has 1 aliphatic heterocycles. The lowest BCUT2D eigenvalue weighted by atomic mass is 10.1. The minimum atomic E-state index is -0.799. The Bertz CT molecular complexity index is 906. The van der Waals surface area contributed by atoms with Crippen molar-refractivity contribution in [2.45, 2.75) is 37.1 Å². The van der Waals surface area contributed by atoms with Gasteiger partial charge in [0, 0.05) is 17.1 Å². The molecule has 31 heavy (non-hydrogen) atoms. The van der Waals surface area contributed by atoms with Crippen LogP contribution in [0.1, 0.15) is 25.3 Å². The van der Waals surface area contributed by atoms with Gasteiger partial charge in [-0.25, -0.2) is 4.79 Å². The monoisotopic (exact) mass is 442 g/mol. The maximum absolute atomic E-state index is 12.5. The molecule has 1 N–H and O–H groups in total. The van der Waals surface area contributed by atoms with Crippen LogP contribution in [0.2, 0.25) is 0 Å². The normalized spacial score (nSPS) is 14.4. The number of thioether (sulfide) groups is 1. The van der Waals surface area contributed by atoms with E-state index in [-0.39, 0.29) is 19.1 Å². The summed E-state index contributed by atoms with van der Waals surface area (Å²) in [6.45, 7) is 1.71. The van der Waals surface area contributed by atoms with Crippen molar-refractivity contribution >= 4 is 35.3 Å². The predicted octanol–water partition coefficient (Wildman–Crippen LogP) is 3.13. The molecule has 0 radical (unpaired) electrons. The number of nitrogens with zero attached hydrogens (tertiary/aromatic N) is 1. The molecule has 0 aliphatic carbocycles. The molecule has 2 aromatic rings. The molecule has 8 heteroatoms. The van der Waals surface area contributed by atoms with Gasteiger partial charge < -0.3 is 9.57 Å². The fourth-order valence-electron chi connectivity index (χ4n) is 3.21. The number of rotatable bonds is 9. The number of aryl methyl sites for hydroxylation is 1. The highest BCUT2D eigenvalue weighted by Crippen LogP contribution is 2.33. The van der Waals surface area contributed by atoms with Gasteiger partial charge in [0.2, 0.25) is 5.91 Å². The number of carbonyl (C=O) groups is 3. The lowest BCUT2D eigenvalue weighted by molar-refractivity contribution is -0.159. The summed E-state index contributed by atoms with van der Waals surface area (Å²) in [5, 5.41) is 0. The van der Waals surface area contributed by atoms with Gasteiger partial charge in [-0.1, -0.05) is 42.5 Å². The van der Waals surface area contributed by atoms with Crippen molar-refractivity contribution in [3.8, 4) is 0 Å². The molecule has 0 bridgehead atoms. The number of hydrogen-bond acceptors (Lipinski definition) is 7. The molecule has 0 spiro atoms. The second-order valence-electron chi connectivity index (χ2n) is 6.97. The molecule has 0 aromatic heterocycles. The topological polar surface area (TPSA) is 84.9 Å². The molecular formula is C23H26N2O5S. The van der Waals surface area contributed by atoms with Crippen molar-refractivity contribution in [1.29, 1.82) is 0 Å². The molecule has 164 valence electrons. The van der Waals surface area contributed by atoms with Gasteiger partial charge in [-0.3, -0.25) is 14.5 Å². The van der Waals surface area contributed by atoms with Gasteiger partial charge in [0.1, 0.15) is 12.6 Å².